The first kappa shape index (κ1) is 18.6. The second kappa shape index (κ2) is 7.36. The van der Waals surface area contributed by atoms with Crippen molar-refractivity contribution in [2.24, 2.45) is 11.7 Å². The van der Waals surface area contributed by atoms with Crippen LogP contribution >= 0.6 is 0 Å². The minimum atomic E-state index is -0.738. The number of aliphatic hydroxyl groups excluding tert-OH is 1. The Morgan fingerprint density at radius 1 is 1.29 bits per heavy atom. The van der Waals surface area contributed by atoms with Crippen molar-refractivity contribution < 1.29 is 14.7 Å². The Morgan fingerprint density at radius 3 is 2.75 bits per heavy atom. The first-order chi connectivity index (χ1) is 13.4. The number of hydrogen-bond acceptors (Lipinski definition) is 4. The highest BCUT2D eigenvalue weighted by atomic mass is 16.3. The SMILES string of the molecule is CC1CC=C(c2cc(C(N)=O)nc3cc(CN4C(=O)CCC4O)ccc23)CC1. The van der Waals surface area contributed by atoms with E-state index in [4.69, 9.17) is 5.73 Å². The molecular formula is C22H25N3O3. The van der Waals surface area contributed by atoms with Gasteiger partial charge in [-0.3, -0.25) is 9.59 Å². The molecule has 4 rings (SSSR count). The fourth-order valence-electron chi connectivity index (χ4n) is 4.08. The zero-order valence-electron chi connectivity index (χ0n) is 16.0. The maximum absolute atomic E-state index is 12.0. The van der Waals surface area contributed by atoms with Gasteiger partial charge in [-0.05, 0) is 54.0 Å². The molecule has 146 valence electrons. The van der Waals surface area contributed by atoms with E-state index >= 15 is 0 Å². The van der Waals surface area contributed by atoms with Crippen LogP contribution in [-0.2, 0) is 11.3 Å². The smallest absolute Gasteiger partial charge is 0.267 e. The van der Waals surface area contributed by atoms with Gasteiger partial charge in [0.2, 0.25) is 5.91 Å². The molecule has 1 aromatic heterocycles. The predicted molar refractivity (Wildman–Crippen MR) is 107 cm³/mol. The summed E-state index contributed by atoms with van der Waals surface area (Å²) in [6.45, 7) is 2.57. The lowest BCUT2D eigenvalue weighted by atomic mass is 9.86. The summed E-state index contributed by atoms with van der Waals surface area (Å²) in [5, 5.41) is 11.0. The largest absolute Gasteiger partial charge is 0.373 e. The number of benzene rings is 1. The van der Waals surface area contributed by atoms with Crippen molar-refractivity contribution in [2.75, 3.05) is 0 Å². The predicted octanol–water partition coefficient (Wildman–Crippen LogP) is 2.98. The maximum Gasteiger partial charge on any atom is 0.267 e. The number of aromatic nitrogens is 1. The minimum absolute atomic E-state index is 0.0476. The lowest BCUT2D eigenvalue weighted by Crippen LogP contribution is -2.32. The summed E-state index contributed by atoms with van der Waals surface area (Å²) in [5.74, 6) is 0.0700. The lowest BCUT2D eigenvalue weighted by Gasteiger charge is -2.22. The van der Waals surface area contributed by atoms with E-state index in [1.54, 1.807) is 6.07 Å². The highest BCUT2D eigenvalue weighted by Gasteiger charge is 2.29. The molecule has 1 aliphatic carbocycles. The van der Waals surface area contributed by atoms with Crippen molar-refractivity contribution in [1.29, 1.82) is 0 Å². The monoisotopic (exact) mass is 379 g/mol. The molecule has 0 radical (unpaired) electrons. The third-order valence-corrected chi connectivity index (χ3v) is 5.80. The lowest BCUT2D eigenvalue weighted by molar-refractivity contribution is -0.134. The number of carbonyl (C=O) groups excluding carboxylic acids is 2. The number of amides is 2. The highest BCUT2D eigenvalue weighted by molar-refractivity contribution is 5.99. The summed E-state index contributed by atoms with van der Waals surface area (Å²) in [5.41, 5.74) is 9.56. The van der Waals surface area contributed by atoms with Crippen LogP contribution in [-0.4, -0.2) is 33.0 Å². The standard InChI is InChI=1S/C22H25N3O3/c1-13-2-5-15(6-3-13)17-11-19(22(23)28)24-18-10-14(4-7-16(17)18)12-25-20(26)8-9-21(25)27/h4-5,7,10-11,13,20,26H,2-3,6,8-9,12H2,1H3,(H2,23,28). The van der Waals surface area contributed by atoms with Crippen LogP contribution < -0.4 is 5.73 Å². The number of rotatable bonds is 4. The number of fused-ring (bicyclic) bond motifs is 1. The van der Waals surface area contributed by atoms with Crippen molar-refractivity contribution in [3.8, 4) is 0 Å². The number of nitrogens with two attached hydrogens (primary N) is 1. The van der Waals surface area contributed by atoms with Crippen molar-refractivity contribution in [3.63, 3.8) is 0 Å². The molecule has 2 unspecified atom stereocenters. The number of nitrogens with zero attached hydrogens (tertiary/aromatic N) is 2. The van der Waals surface area contributed by atoms with E-state index in [-0.39, 0.29) is 11.6 Å². The number of pyridine rings is 1. The molecule has 0 bridgehead atoms. The Hall–Kier alpha value is -2.73. The summed E-state index contributed by atoms with van der Waals surface area (Å²) >= 11 is 0. The van der Waals surface area contributed by atoms with Crippen LogP contribution in [0.2, 0.25) is 0 Å². The number of aliphatic hydroxyl groups is 1. The van der Waals surface area contributed by atoms with Crippen molar-refractivity contribution in [3.05, 3.63) is 47.2 Å². The van der Waals surface area contributed by atoms with Crippen molar-refractivity contribution >= 4 is 28.3 Å². The van der Waals surface area contributed by atoms with Crippen LogP contribution in [0.1, 0.15) is 60.6 Å². The molecule has 3 N–H and O–H groups in total. The van der Waals surface area contributed by atoms with Gasteiger partial charge in [0, 0.05) is 24.8 Å². The molecule has 6 nitrogen and oxygen atoms in total. The van der Waals surface area contributed by atoms with Crippen LogP contribution in [0.3, 0.4) is 0 Å². The molecule has 0 saturated carbocycles. The van der Waals surface area contributed by atoms with E-state index in [0.29, 0.717) is 30.8 Å². The quantitative estimate of drug-likeness (QED) is 0.853. The zero-order chi connectivity index (χ0) is 19.8. The molecule has 1 fully saturated rings. The minimum Gasteiger partial charge on any atom is -0.373 e. The van der Waals surface area contributed by atoms with E-state index in [2.05, 4.69) is 18.0 Å². The summed E-state index contributed by atoms with van der Waals surface area (Å²) in [6.07, 6.45) is 5.46. The van der Waals surface area contributed by atoms with Crippen LogP contribution in [0.15, 0.2) is 30.3 Å². The average molecular weight is 379 g/mol. The van der Waals surface area contributed by atoms with Gasteiger partial charge in [-0.15, -0.1) is 0 Å². The summed E-state index contributed by atoms with van der Waals surface area (Å²) < 4.78 is 0. The van der Waals surface area contributed by atoms with E-state index in [1.165, 1.54) is 10.5 Å². The molecule has 2 heterocycles. The molecule has 6 heteroatoms. The van der Waals surface area contributed by atoms with Gasteiger partial charge >= 0.3 is 0 Å². The van der Waals surface area contributed by atoms with Crippen LogP contribution in [0, 0.1) is 5.92 Å². The second-order valence-electron chi connectivity index (χ2n) is 7.92. The second-order valence-corrected chi connectivity index (χ2v) is 7.92. The number of carbonyl (C=O) groups is 2. The van der Waals surface area contributed by atoms with E-state index in [1.807, 2.05) is 18.2 Å². The topological polar surface area (TPSA) is 96.5 Å². The van der Waals surface area contributed by atoms with Gasteiger partial charge in [-0.25, -0.2) is 4.98 Å². The Morgan fingerprint density at radius 2 is 2.11 bits per heavy atom. The first-order valence-electron chi connectivity index (χ1n) is 9.83. The zero-order valence-corrected chi connectivity index (χ0v) is 16.0. The van der Waals surface area contributed by atoms with Crippen LogP contribution in [0.25, 0.3) is 16.5 Å². The molecule has 28 heavy (non-hydrogen) atoms. The normalized spacial score (nSPS) is 22.6. The molecule has 2 atom stereocenters. The average Bonchev–Trinajstić information content (AvgIpc) is 2.99. The van der Waals surface area contributed by atoms with Gasteiger partial charge in [-0.2, -0.15) is 0 Å². The molecule has 2 aromatic rings. The van der Waals surface area contributed by atoms with Crippen molar-refractivity contribution in [1.82, 2.24) is 9.88 Å². The third-order valence-electron chi connectivity index (χ3n) is 5.80. The Bertz CT molecular complexity index is 982. The summed E-state index contributed by atoms with van der Waals surface area (Å²) in [4.78, 5) is 29.7. The highest BCUT2D eigenvalue weighted by Crippen LogP contribution is 2.34. The fraction of sp³-hybridized carbons (Fsp3) is 0.409. The van der Waals surface area contributed by atoms with Gasteiger partial charge in [0.15, 0.2) is 0 Å². The Labute approximate surface area is 164 Å². The van der Waals surface area contributed by atoms with Gasteiger partial charge in [0.25, 0.3) is 5.91 Å². The molecule has 1 aromatic carbocycles. The third kappa shape index (κ3) is 3.52. The van der Waals surface area contributed by atoms with E-state index in [0.717, 1.165) is 35.8 Å². The number of allylic oxidation sites excluding steroid dienone is 2. The van der Waals surface area contributed by atoms with Gasteiger partial charge in [0.05, 0.1) is 5.52 Å². The molecule has 0 spiro atoms. The molecular weight excluding hydrogens is 354 g/mol. The Balaban J connectivity index is 1.76. The molecule has 2 amide bonds. The molecule has 2 aliphatic rings. The molecule has 1 aliphatic heterocycles. The van der Waals surface area contributed by atoms with E-state index in [9.17, 15) is 14.7 Å². The van der Waals surface area contributed by atoms with Crippen LogP contribution in [0.4, 0.5) is 0 Å². The first-order valence-corrected chi connectivity index (χ1v) is 9.83. The van der Waals surface area contributed by atoms with Crippen molar-refractivity contribution in [2.45, 2.75) is 51.8 Å². The van der Waals surface area contributed by atoms with Gasteiger partial charge in [-0.1, -0.05) is 25.1 Å². The van der Waals surface area contributed by atoms with E-state index < -0.39 is 12.1 Å². The number of likely N-dealkylation sites (tertiary alicyclic amines) is 1. The van der Waals surface area contributed by atoms with Gasteiger partial charge < -0.3 is 15.7 Å². The molecule has 1 saturated heterocycles. The summed E-state index contributed by atoms with van der Waals surface area (Å²) in [6, 6.07) is 7.63. The fourth-order valence-corrected chi connectivity index (χ4v) is 4.08. The van der Waals surface area contributed by atoms with Crippen LogP contribution in [0.5, 0.6) is 0 Å². The Kier molecular flexibility index (Phi) is 4.89. The van der Waals surface area contributed by atoms with Gasteiger partial charge in [0.1, 0.15) is 11.9 Å². The maximum atomic E-state index is 12.0. The summed E-state index contributed by atoms with van der Waals surface area (Å²) in [7, 11) is 0. The number of primary amides is 1. The number of hydrogen-bond donors (Lipinski definition) is 2.